The van der Waals surface area contributed by atoms with Crippen LogP contribution in [0.1, 0.15) is 67.1 Å². The predicted molar refractivity (Wildman–Crippen MR) is 113 cm³/mol. The summed E-state index contributed by atoms with van der Waals surface area (Å²) in [4.78, 5) is 12.8. The van der Waals surface area contributed by atoms with Crippen molar-refractivity contribution in [3.8, 4) is 17.2 Å². The Balaban J connectivity index is 1.98. The van der Waals surface area contributed by atoms with Crippen molar-refractivity contribution in [3.05, 3.63) is 87.5 Å². The van der Waals surface area contributed by atoms with Crippen LogP contribution in [0, 0.1) is 0 Å². The van der Waals surface area contributed by atoms with E-state index in [4.69, 9.17) is 4.42 Å². The first-order valence-corrected chi connectivity index (χ1v) is 9.98. The summed E-state index contributed by atoms with van der Waals surface area (Å²) in [7, 11) is 0. The molecule has 0 bridgehead atoms. The van der Waals surface area contributed by atoms with Crippen LogP contribution in [0.2, 0.25) is 0 Å². The Morgan fingerprint density at radius 1 is 0.833 bits per heavy atom. The van der Waals surface area contributed by atoms with Crippen molar-refractivity contribution in [2.24, 2.45) is 0 Å². The second-order valence-corrected chi connectivity index (χ2v) is 7.34. The van der Waals surface area contributed by atoms with E-state index < -0.39 is 23.6 Å². The van der Waals surface area contributed by atoms with Gasteiger partial charge in [0.05, 0.1) is 11.7 Å². The zero-order chi connectivity index (χ0) is 21.8. The van der Waals surface area contributed by atoms with Crippen molar-refractivity contribution in [1.82, 2.24) is 0 Å². The van der Waals surface area contributed by atoms with E-state index >= 15 is 0 Å². The molecule has 0 fully saturated rings. The van der Waals surface area contributed by atoms with Gasteiger partial charge >= 0.3 is 5.63 Å². The molecule has 3 aromatic rings. The Bertz CT molecular complexity index is 1040. The lowest BCUT2D eigenvalue weighted by atomic mass is 9.87. The second-order valence-electron chi connectivity index (χ2n) is 7.34. The summed E-state index contributed by atoms with van der Waals surface area (Å²) in [6.45, 7) is 3.75. The molecule has 1 aromatic heterocycles. The molecule has 0 aliphatic carbocycles. The van der Waals surface area contributed by atoms with Gasteiger partial charge in [-0.05, 0) is 48.2 Å². The van der Waals surface area contributed by atoms with Gasteiger partial charge in [0, 0.05) is 17.9 Å². The zero-order valence-corrected chi connectivity index (χ0v) is 16.9. The first-order chi connectivity index (χ1) is 14.3. The molecule has 3 atom stereocenters. The van der Waals surface area contributed by atoms with Gasteiger partial charge in [-0.1, -0.05) is 38.1 Å². The molecule has 0 aliphatic rings. The molecule has 30 heavy (non-hydrogen) atoms. The lowest BCUT2D eigenvalue weighted by molar-refractivity contribution is 0.129. The minimum Gasteiger partial charge on any atom is -0.508 e. The van der Waals surface area contributed by atoms with Gasteiger partial charge in [0.2, 0.25) is 0 Å². The monoisotopic (exact) mass is 410 g/mol. The summed E-state index contributed by atoms with van der Waals surface area (Å²) in [5.41, 5.74) is 0.852. The fourth-order valence-corrected chi connectivity index (χ4v) is 3.81. The zero-order valence-electron chi connectivity index (χ0n) is 16.9. The molecule has 6 heteroatoms. The van der Waals surface area contributed by atoms with Gasteiger partial charge in [0.1, 0.15) is 23.0 Å². The van der Waals surface area contributed by atoms with E-state index in [0.717, 1.165) is 5.56 Å². The lowest BCUT2D eigenvalue weighted by Crippen LogP contribution is -2.17. The van der Waals surface area contributed by atoms with Crippen molar-refractivity contribution in [3.63, 3.8) is 0 Å². The maximum Gasteiger partial charge on any atom is 0.343 e. The SMILES string of the molecule is CCC(c1ccc(O)cc1)c1c(O)cc([C@@H](CC)[C@@H](O)c2ccc(O)cc2)oc1=O. The molecule has 158 valence electrons. The maximum absolute atomic E-state index is 12.8. The van der Waals surface area contributed by atoms with Crippen LogP contribution in [0.25, 0.3) is 0 Å². The van der Waals surface area contributed by atoms with Crippen molar-refractivity contribution in [2.75, 3.05) is 0 Å². The van der Waals surface area contributed by atoms with E-state index in [0.29, 0.717) is 18.4 Å². The van der Waals surface area contributed by atoms with Gasteiger partial charge in [-0.2, -0.15) is 0 Å². The van der Waals surface area contributed by atoms with Crippen molar-refractivity contribution in [1.29, 1.82) is 0 Å². The fraction of sp³-hybridized carbons (Fsp3) is 0.292. The van der Waals surface area contributed by atoms with E-state index in [1.165, 1.54) is 30.3 Å². The van der Waals surface area contributed by atoms with Crippen LogP contribution >= 0.6 is 0 Å². The number of aliphatic hydroxyl groups excluding tert-OH is 1. The Labute approximate surface area is 174 Å². The maximum atomic E-state index is 12.8. The number of rotatable bonds is 7. The highest BCUT2D eigenvalue weighted by Gasteiger charge is 2.28. The topological polar surface area (TPSA) is 111 Å². The van der Waals surface area contributed by atoms with Gasteiger partial charge < -0.3 is 24.8 Å². The van der Waals surface area contributed by atoms with Crippen LogP contribution in [-0.2, 0) is 0 Å². The minimum atomic E-state index is -0.969. The minimum absolute atomic E-state index is 0.0902. The summed E-state index contributed by atoms with van der Waals surface area (Å²) in [6, 6.07) is 14.0. The second kappa shape index (κ2) is 9.05. The van der Waals surface area contributed by atoms with Gasteiger partial charge in [-0.3, -0.25) is 0 Å². The number of hydrogen-bond acceptors (Lipinski definition) is 6. The van der Waals surface area contributed by atoms with Crippen LogP contribution in [-0.4, -0.2) is 20.4 Å². The molecule has 0 aliphatic heterocycles. The molecule has 4 N–H and O–H groups in total. The number of phenolic OH excluding ortho intramolecular Hbond substituents is 2. The molecule has 2 aromatic carbocycles. The third-order valence-electron chi connectivity index (χ3n) is 5.46. The van der Waals surface area contributed by atoms with E-state index in [-0.39, 0.29) is 28.6 Å². The van der Waals surface area contributed by atoms with E-state index in [9.17, 15) is 25.2 Å². The number of aromatic hydroxyl groups is 3. The number of phenols is 2. The van der Waals surface area contributed by atoms with Crippen LogP contribution in [0.4, 0.5) is 0 Å². The van der Waals surface area contributed by atoms with Crippen LogP contribution in [0.3, 0.4) is 0 Å². The highest BCUT2D eigenvalue weighted by Crippen LogP contribution is 2.38. The first-order valence-electron chi connectivity index (χ1n) is 9.98. The van der Waals surface area contributed by atoms with Crippen LogP contribution in [0.15, 0.2) is 63.8 Å². The third kappa shape index (κ3) is 4.33. The Hall–Kier alpha value is -3.25. The Kier molecular flexibility index (Phi) is 6.47. The molecule has 1 heterocycles. The molecular formula is C24H26O6. The smallest absolute Gasteiger partial charge is 0.343 e. The van der Waals surface area contributed by atoms with Gasteiger partial charge in [-0.25, -0.2) is 4.79 Å². The normalized spacial score (nSPS) is 14.2. The average molecular weight is 410 g/mol. The van der Waals surface area contributed by atoms with Crippen molar-refractivity contribution in [2.45, 2.75) is 44.6 Å². The molecule has 0 saturated heterocycles. The lowest BCUT2D eigenvalue weighted by Gasteiger charge is -2.22. The van der Waals surface area contributed by atoms with Crippen LogP contribution in [0.5, 0.6) is 17.2 Å². The summed E-state index contributed by atoms with van der Waals surface area (Å²) in [5.74, 6) is -0.710. The van der Waals surface area contributed by atoms with Gasteiger partial charge in [0.15, 0.2) is 0 Å². The summed E-state index contributed by atoms with van der Waals surface area (Å²) in [5, 5.41) is 40.4. The first kappa shape index (κ1) is 21.5. The summed E-state index contributed by atoms with van der Waals surface area (Å²) in [6.07, 6.45) is 0.0532. The molecule has 1 unspecified atom stereocenters. The number of aliphatic hydroxyl groups is 1. The highest BCUT2D eigenvalue weighted by molar-refractivity contribution is 5.42. The molecule has 0 saturated carbocycles. The van der Waals surface area contributed by atoms with Crippen LogP contribution < -0.4 is 5.63 Å². The number of hydrogen-bond donors (Lipinski definition) is 4. The molecule has 0 amide bonds. The molecule has 0 spiro atoms. The van der Waals surface area contributed by atoms with Crippen molar-refractivity contribution < 1.29 is 24.8 Å². The largest absolute Gasteiger partial charge is 0.508 e. The van der Waals surface area contributed by atoms with Crippen molar-refractivity contribution >= 4 is 0 Å². The fourth-order valence-electron chi connectivity index (χ4n) is 3.81. The van der Waals surface area contributed by atoms with Gasteiger partial charge in [-0.15, -0.1) is 0 Å². The standard InChI is InChI=1S/C24H26O6/c1-3-18(14-5-9-16(25)10-6-14)22-20(27)13-21(30-24(22)29)19(4-2)23(28)15-7-11-17(26)12-8-15/h5-13,18-19,23,25-28H,3-4H2,1-2H3/t18?,19-,23+/m1/s1. The molecule has 6 nitrogen and oxygen atoms in total. The average Bonchev–Trinajstić information content (AvgIpc) is 2.72. The Morgan fingerprint density at radius 2 is 1.37 bits per heavy atom. The molecule has 0 radical (unpaired) electrons. The van der Waals surface area contributed by atoms with E-state index in [1.807, 2.05) is 13.8 Å². The third-order valence-corrected chi connectivity index (χ3v) is 5.46. The van der Waals surface area contributed by atoms with E-state index in [2.05, 4.69) is 0 Å². The summed E-state index contributed by atoms with van der Waals surface area (Å²) >= 11 is 0. The van der Waals surface area contributed by atoms with Gasteiger partial charge in [0.25, 0.3) is 0 Å². The Morgan fingerprint density at radius 3 is 1.83 bits per heavy atom. The quantitative estimate of drug-likeness (QED) is 0.456. The van der Waals surface area contributed by atoms with E-state index in [1.54, 1.807) is 24.3 Å². The summed E-state index contributed by atoms with van der Waals surface area (Å²) < 4.78 is 5.56. The molecular weight excluding hydrogens is 384 g/mol. The number of benzene rings is 2. The highest BCUT2D eigenvalue weighted by atomic mass is 16.4. The predicted octanol–water partition coefficient (Wildman–Crippen LogP) is 4.53. The molecule has 3 rings (SSSR count).